The fourth-order valence-corrected chi connectivity index (χ4v) is 1.97. The molecule has 0 unspecified atom stereocenters. The fourth-order valence-electron chi connectivity index (χ4n) is 1.97. The minimum Gasteiger partial charge on any atom is -0.460 e. The SMILES string of the molecule is Cc1ccc(-c2ccc(CNC3CC3)o2)c(F)c1. The lowest BCUT2D eigenvalue weighted by atomic mass is 10.1. The third-order valence-corrected chi connectivity index (χ3v) is 3.19. The number of aryl methyl sites for hydroxylation is 1. The molecule has 1 aliphatic carbocycles. The quantitative estimate of drug-likeness (QED) is 0.889. The zero-order chi connectivity index (χ0) is 12.5. The molecule has 0 atom stereocenters. The molecule has 0 aliphatic heterocycles. The summed E-state index contributed by atoms with van der Waals surface area (Å²) in [4.78, 5) is 0. The number of benzene rings is 1. The summed E-state index contributed by atoms with van der Waals surface area (Å²) in [5.41, 5.74) is 1.44. The molecular weight excluding hydrogens is 229 g/mol. The van der Waals surface area contributed by atoms with Gasteiger partial charge in [-0.3, -0.25) is 0 Å². The molecule has 1 N–H and O–H groups in total. The molecule has 18 heavy (non-hydrogen) atoms. The Balaban J connectivity index is 1.78. The first kappa shape index (κ1) is 11.5. The van der Waals surface area contributed by atoms with Gasteiger partial charge in [0, 0.05) is 6.04 Å². The Kier molecular flexibility index (Phi) is 2.92. The van der Waals surface area contributed by atoms with Gasteiger partial charge in [0.05, 0.1) is 12.1 Å². The molecule has 94 valence electrons. The van der Waals surface area contributed by atoms with Crippen LogP contribution in [0, 0.1) is 12.7 Å². The van der Waals surface area contributed by atoms with Gasteiger partial charge in [-0.25, -0.2) is 4.39 Å². The van der Waals surface area contributed by atoms with Crippen molar-refractivity contribution in [3.05, 3.63) is 47.5 Å². The van der Waals surface area contributed by atoms with Crippen molar-refractivity contribution in [3.8, 4) is 11.3 Å². The van der Waals surface area contributed by atoms with Crippen molar-refractivity contribution in [2.24, 2.45) is 0 Å². The molecule has 1 aromatic heterocycles. The summed E-state index contributed by atoms with van der Waals surface area (Å²) in [6.45, 7) is 2.60. The van der Waals surface area contributed by atoms with Crippen LogP contribution in [0.15, 0.2) is 34.7 Å². The van der Waals surface area contributed by atoms with Gasteiger partial charge in [-0.15, -0.1) is 0 Å². The van der Waals surface area contributed by atoms with Crippen LogP contribution < -0.4 is 5.32 Å². The van der Waals surface area contributed by atoms with Crippen LogP contribution in [-0.2, 0) is 6.54 Å². The molecule has 0 spiro atoms. The zero-order valence-electron chi connectivity index (χ0n) is 10.4. The molecule has 0 saturated heterocycles. The second-order valence-electron chi connectivity index (χ2n) is 4.90. The monoisotopic (exact) mass is 245 g/mol. The molecule has 0 amide bonds. The first-order valence-corrected chi connectivity index (χ1v) is 6.31. The van der Waals surface area contributed by atoms with Crippen molar-refractivity contribution in [3.63, 3.8) is 0 Å². The highest BCUT2D eigenvalue weighted by molar-refractivity contribution is 5.58. The maximum Gasteiger partial charge on any atom is 0.137 e. The van der Waals surface area contributed by atoms with Gasteiger partial charge in [-0.2, -0.15) is 0 Å². The van der Waals surface area contributed by atoms with Crippen molar-refractivity contribution >= 4 is 0 Å². The molecule has 3 heteroatoms. The molecule has 2 aromatic rings. The van der Waals surface area contributed by atoms with Crippen LogP contribution in [0.2, 0.25) is 0 Å². The Labute approximate surface area is 106 Å². The van der Waals surface area contributed by atoms with E-state index in [-0.39, 0.29) is 5.82 Å². The maximum atomic E-state index is 13.8. The molecular formula is C15H16FNO. The Bertz CT molecular complexity index is 557. The summed E-state index contributed by atoms with van der Waals surface area (Å²) in [5.74, 6) is 1.23. The number of halogens is 1. The molecule has 1 heterocycles. The predicted molar refractivity (Wildman–Crippen MR) is 68.7 cm³/mol. The topological polar surface area (TPSA) is 25.2 Å². The normalized spacial score (nSPS) is 15.0. The largest absolute Gasteiger partial charge is 0.460 e. The highest BCUT2D eigenvalue weighted by Crippen LogP contribution is 2.26. The Hall–Kier alpha value is -1.61. The molecule has 1 aliphatic rings. The van der Waals surface area contributed by atoms with Crippen LogP contribution in [0.5, 0.6) is 0 Å². The van der Waals surface area contributed by atoms with Crippen molar-refractivity contribution in [1.29, 1.82) is 0 Å². The number of hydrogen-bond donors (Lipinski definition) is 1. The van der Waals surface area contributed by atoms with Crippen molar-refractivity contribution in [1.82, 2.24) is 5.32 Å². The summed E-state index contributed by atoms with van der Waals surface area (Å²) < 4.78 is 19.5. The average molecular weight is 245 g/mol. The molecule has 0 bridgehead atoms. The van der Waals surface area contributed by atoms with E-state index in [2.05, 4.69) is 5.32 Å². The van der Waals surface area contributed by atoms with Gasteiger partial charge >= 0.3 is 0 Å². The second-order valence-corrected chi connectivity index (χ2v) is 4.90. The van der Waals surface area contributed by atoms with Crippen LogP contribution >= 0.6 is 0 Å². The van der Waals surface area contributed by atoms with Crippen LogP contribution in [0.4, 0.5) is 4.39 Å². The zero-order valence-corrected chi connectivity index (χ0v) is 10.4. The van der Waals surface area contributed by atoms with E-state index in [1.165, 1.54) is 18.9 Å². The molecule has 3 rings (SSSR count). The van der Waals surface area contributed by atoms with E-state index in [0.29, 0.717) is 17.4 Å². The van der Waals surface area contributed by atoms with Crippen LogP contribution in [0.3, 0.4) is 0 Å². The lowest BCUT2D eigenvalue weighted by Crippen LogP contribution is -2.14. The number of rotatable bonds is 4. The summed E-state index contributed by atoms with van der Waals surface area (Å²) in [7, 11) is 0. The van der Waals surface area contributed by atoms with Gasteiger partial charge in [0.25, 0.3) is 0 Å². The van der Waals surface area contributed by atoms with Gasteiger partial charge in [0.1, 0.15) is 17.3 Å². The third-order valence-electron chi connectivity index (χ3n) is 3.19. The van der Waals surface area contributed by atoms with Crippen LogP contribution in [0.1, 0.15) is 24.2 Å². The van der Waals surface area contributed by atoms with Gasteiger partial charge in [0.15, 0.2) is 0 Å². The van der Waals surface area contributed by atoms with E-state index in [0.717, 1.165) is 17.9 Å². The summed E-state index contributed by atoms with van der Waals surface area (Å²) >= 11 is 0. The minimum atomic E-state index is -0.231. The van der Waals surface area contributed by atoms with E-state index in [1.807, 2.05) is 25.1 Å². The lowest BCUT2D eigenvalue weighted by molar-refractivity contribution is 0.489. The second kappa shape index (κ2) is 4.58. The third kappa shape index (κ3) is 2.46. The van der Waals surface area contributed by atoms with Gasteiger partial charge in [0.2, 0.25) is 0 Å². The molecule has 0 radical (unpaired) electrons. The van der Waals surface area contributed by atoms with E-state index in [4.69, 9.17) is 4.42 Å². The van der Waals surface area contributed by atoms with E-state index >= 15 is 0 Å². The summed E-state index contributed by atoms with van der Waals surface area (Å²) in [6.07, 6.45) is 2.50. The average Bonchev–Trinajstić information content (AvgIpc) is 3.05. The standard InChI is InChI=1S/C15H16FNO/c1-10-2-6-13(14(16)8-10)15-7-5-12(18-15)9-17-11-3-4-11/h2,5-8,11,17H,3-4,9H2,1H3. The van der Waals surface area contributed by atoms with E-state index in [1.54, 1.807) is 6.07 Å². The van der Waals surface area contributed by atoms with Gasteiger partial charge in [-0.1, -0.05) is 6.07 Å². The van der Waals surface area contributed by atoms with Crippen LogP contribution in [0.25, 0.3) is 11.3 Å². The molecule has 1 saturated carbocycles. The smallest absolute Gasteiger partial charge is 0.137 e. The first-order chi connectivity index (χ1) is 8.72. The van der Waals surface area contributed by atoms with Crippen LogP contribution in [-0.4, -0.2) is 6.04 Å². The summed E-state index contributed by atoms with van der Waals surface area (Å²) in [5, 5.41) is 3.37. The molecule has 1 aromatic carbocycles. The highest BCUT2D eigenvalue weighted by atomic mass is 19.1. The Morgan fingerprint density at radius 3 is 2.83 bits per heavy atom. The Morgan fingerprint density at radius 1 is 1.28 bits per heavy atom. The number of nitrogens with one attached hydrogen (secondary N) is 1. The highest BCUT2D eigenvalue weighted by Gasteiger charge is 2.20. The number of furan rings is 1. The Morgan fingerprint density at radius 2 is 2.11 bits per heavy atom. The van der Waals surface area contributed by atoms with Crippen molar-refractivity contribution in [2.75, 3.05) is 0 Å². The maximum absolute atomic E-state index is 13.8. The molecule has 2 nitrogen and oxygen atoms in total. The number of hydrogen-bond acceptors (Lipinski definition) is 2. The van der Waals surface area contributed by atoms with Crippen molar-refractivity contribution < 1.29 is 8.81 Å². The molecule has 1 fully saturated rings. The van der Waals surface area contributed by atoms with Gasteiger partial charge < -0.3 is 9.73 Å². The van der Waals surface area contributed by atoms with Crippen molar-refractivity contribution in [2.45, 2.75) is 32.4 Å². The fraction of sp³-hybridized carbons (Fsp3) is 0.333. The van der Waals surface area contributed by atoms with Gasteiger partial charge in [-0.05, 0) is 49.6 Å². The lowest BCUT2D eigenvalue weighted by Gasteiger charge is -2.01. The minimum absolute atomic E-state index is 0.231. The first-order valence-electron chi connectivity index (χ1n) is 6.31. The van der Waals surface area contributed by atoms with E-state index in [9.17, 15) is 4.39 Å². The summed E-state index contributed by atoms with van der Waals surface area (Å²) in [6, 6.07) is 9.57. The van der Waals surface area contributed by atoms with E-state index < -0.39 is 0 Å². The predicted octanol–water partition coefficient (Wildman–Crippen LogP) is 3.65.